The third-order valence-electron chi connectivity index (χ3n) is 11.9. The van der Waals surface area contributed by atoms with E-state index in [4.69, 9.17) is 4.74 Å². The minimum absolute atomic E-state index is 0.0121. The molecule has 0 aromatic heterocycles. The Morgan fingerprint density at radius 1 is 0.830 bits per heavy atom. The van der Waals surface area contributed by atoms with E-state index in [2.05, 4.69) is 15.5 Å². The second-order valence-corrected chi connectivity index (χ2v) is 14.7. The van der Waals surface area contributed by atoms with Crippen LogP contribution in [0.2, 0.25) is 0 Å². The lowest BCUT2D eigenvalue weighted by molar-refractivity contribution is -0.146. The molecule has 0 aliphatic carbocycles. The third-order valence-corrected chi connectivity index (χ3v) is 11.9. The van der Waals surface area contributed by atoms with Gasteiger partial charge in [0.2, 0.25) is 23.6 Å². The van der Waals surface area contributed by atoms with Crippen LogP contribution < -0.4 is 10.6 Å². The van der Waals surface area contributed by atoms with Crippen LogP contribution in [0.5, 0.6) is 0 Å². The molecule has 11 heteroatoms. The molecule has 8 rings (SSSR count). The number of piperidine rings is 2. The number of carbonyl (C=O) groups is 4. The van der Waals surface area contributed by atoms with Crippen molar-refractivity contribution in [2.75, 3.05) is 52.5 Å². The Bertz CT molecular complexity index is 1280. The van der Waals surface area contributed by atoms with Crippen molar-refractivity contribution in [3.05, 3.63) is 35.9 Å². The first kappa shape index (κ1) is 32.5. The standard InChI is InChI=1S/C36H52N6O5/c43-32(37-23-25-5-2-1-3-6-25)21-26-8-15-40-24-27(26)22-33(44)42-18-11-30(38-28-12-19-47-20-13-28)34(42)36(46)39-16-9-29(10-17-39)41-14-4-7-31(41)35(40)45/h1-3,5-6,26-31,34,38H,4,7-24H2,(H,37,43)/t26-,27-,30+,31-,34-/m0/s1. The lowest BCUT2D eigenvalue weighted by atomic mass is 9.80. The Balaban J connectivity index is 1.13. The molecule has 0 radical (unpaired) electrons. The Hall–Kier alpha value is -3.02. The molecule has 0 saturated carbocycles. The summed E-state index contributed by atoms with van der Waals surface area (Å²) in [6.07, 6.45) is 7.41. The van der Waals surface area contributed by atoms with Crippen LogP contribution in [0.3, 0.4) is 0 Å². The molecule has 0 unspecified atom stereocenters. The number of nitrogens with zero attached hydrogens (tertiary/aromatic N) is 4. The molecular formula is C36H52N6O5. The van der Waals surface area contributed by atoms with Crippen LogP contribution in [0, 0.1) is 11.8 Å². The highest BCUT2D eigenvalue weighted by molar-refractivity contribution is 5.89. The van der Waals surface area contributed by atoms with Crippen LogP contribution in [0.25, 0.3) is 0 Å². The molecule has 4 amide bonds. The van der Waals surface area contributed by atoms with E-state index >= 15 is 0 Å². The maximum absolute atomic E-state index is 14.3. The van der Waals surface area contributed by atoms with Gasteiger partial charge in [0.05, 0.1) is 6.04 Å². The SMILES string of the molecule is O=C(C[C@@H]1CCN2C[C@@H]1CC(=O)N1CC[C@@H](NC3CCOCC3)[C@H]1C(=O)N1CCC(CC1)N1CCC[C@H]1C2=O)NCc1ccccc1. The predicted octanol–water partition coefficient (Wildman–Crippen LogP) is 1.75. The van der Waals surface area contributed by atoms with Crippen molar-refractivity contribution in [3.8, 4) is 0 Å². The number of ether oxygens (including phenoxy) is 1. The molecule has 7 fully saturated rings. The van der Waals surface area contributed by atoms with Crippen molar-refractivity contribution in [3.63, 3.8) is 0 Å². The molecule has 7 aliphatic heterocycles. The molecule has 2 N–H and O–H groups in total. The van der Waals surface area contributed by atoms with E-state index in [0.717, 1.165) is 57.1 Å². The van der Waals surface area contributed by atoms with Crippen molar-refractivity contribution < 1.29 is 23.9 Å². The summed E-state index contributed by atoms with van der Waals surface area (Å²) in [5.41, 5.74) is 1.05. The zero-order valence-corrected chi connectivity index (χ0v) is 27.7. The average Bonchev–Trinajstić information content (AvgIpc) is 3.76. The van der Waals surface area contributed by atoms with E-state index in [1.54, 1.807) is 0 Å². The quantitative estimate of drug-likeness (QED) is 0.484. The first-order valence-electron chi connectivity index (χ1n) is 18.2. The van der Waals surface area contributed by atoms with Gasteiger partial charge in [-0.15, -0.1) is 0 Å². The van der Waals surface area contributed by atoms with Crippen LogP contribution in [0.1, 0.15) is 69.8 Å². The second-order valence-electron chi connectivity index (χ2n) is 14.7. The molecule has 11 nitrogen and oxygen atoms in total. The van der Waals surface area contributed by atoms with Gasteiger partial charge >= 0.3 is 0 Å². The fourth-order valence-electron chi connectivity index (χ4n) is 9.26. The average molecular weight is 649 g/mol. The van der Waals surface area contributed by atoms with E-state index in [-0.39, 0.29) is 60.0 Å². The third kappa shape index (κ3) is 7.22. The Morgan fingerprint density at radius 2 is 1.60 bits per heavy atom. The molecule has 7 saturated heterocycles. The first-order valence-corrected chi connectivity index (χ1v) is 18.2. The van der Waals surface area contributed by atoms with Gasteiger partial charge in [0, 0.05) is 83.4 Å². The summed E-state index contributed by atoms with van der Waals surface area (Å²) in [6, 6.07) is 9.70. The van der Waals surface area contributed by atoms with Crippen molar-refractivity contribution in [1.82, 2.24) is 30.2 Å². The minimum atomic E-state index is -0.527. The highest BCUT2D eigenvalue weighted by atomic mass is 16.5. The number of amides is 4. The monoisotopic (exact) mass is 648 g/mol. The smallest absolute Gasteiger partial charge is 0.246 e. The van der Waals surface area contributed by atoms with Gasteiger partial charge in [-0.25, -0.2) is 0 Å². The van der Waals surface area contributed by atoms with E-state index in [9.17, 15) is 19.2 Å². The highest BCUT2D eigenvalue weighted by Gasteiger charge is 2.48. The van der Waals surface area contributed by atoms with Crippen molar-refractivity contribution in [1.29, 1.82) is 0 Å². The molecule has 256 valence electrons. The molecule has 1 aromatic rings. The largest absolute Gasteiger partial charge is 0.381 e. The summed E-state index contributed by atoms with van der Waals surface area (Å²) in [5.74, 6) is 0.0361. The summed E-state index contributed by atoms with van der Waals surface area (Å²) in [6.45, 7) is 5.79. The maximum Gasteiger partial charge on any atom is 0.246 e. The van der Waals surface area contributed by atoms with Gasteiger partial charge in [-0.1, -0.05) is 30.3 Å². The van der Waals surface area contributed by atoms with E-state index < -0.39 is 6.04 Å². The number of hydrogen-bond donors (Lipinski definition) is 2. The number of carbonyl (C=O) groups excluding carboxylic acids is 4. The molecule has 4 bridgehead atoms. The molecule has 7 heterocycles. The van der Waals surface area contributed by atoms with Crippen LogP contribution in [-0.2, 0) is 30.5 Å². The Morgan fingerprint density at radius 3 is 2.38 bits per heavy atom. The van der Waals surface area contributed by atoms with E-state index in [1.165, 1.54) is 0 Å². The zero-order valence-electron chi connectivity index (χ0n) is 27.7. The number of benzene rings is 1. The van der Waals surface area contributed by atoms with Crippen LogP contribution >= 0.6 is 0 Å². The fourth-order valence-corrected chi connectivity index (χ4v) is 9.26. The minimum Gasteiger partial charge on any atom is -0.381 e. The predicted molar refractivity (Wildman–Crippen MR) is 176 cm³/mol. The lowest BCUT2D eigenvalue weighted by Crippen LogP contribution is -2.59. The van der Waals surface area contributed by atoms with Gasteiger partial charge in [0.1, 0.15) is 6.04 Å². The number of rotatable bonds is 6. The second kappa shape index (κ2) is 14.6. The van der Waals surface area contributed by atoms with Gasteiger partial charge in [-0.3, -0.25) is 24.1 Å². The summed E-state index contributed by atoms with van der Waals surface area (Å²) < 4.78 is 5.58. The number of hydrogen-bond acceptors (Lipinski definition) is 7. The maximum atomic E-state index is 14.3. The topological polar surface area (TPSA) is 115 Å². The summed E-state index contributed by atoms with van der Waals surface area (Å²) in [7, 11) is 0. The van der Waals surface area contributed by atoms with Crippen LogP contribution in [0.4, 0.5) is 0 Å². The van der Waals surface area contributed by atoms with Crippen molar-refractivity contribution in [2.24, 2.45) is 11.8 Å². The number of nitrogens with one attached hydrogen (secondary N) is 2. The van der Waals surface area contributed by atoms with Crippen LogP contribution in [-0.4, -0.2) is 126 Å². The van der Waals surface area contributed by atoms with Gasteiger partial charge in [-0.05, 0) is 75.3 Å². The van der Waals surface area contributed by atoms with Gasteiger partial charge in [0.15, 0.2) is 0 Å². The Labute approximate surface area is 278 Å². The molecule has 47 heavy (non-hydrogen) atoms. The van der Waals surface area contributed by atoms with Crippen molar-refractivity contribution >= 4 is 23.6 Å². The highest BCUT2D eigenvalue weighted by Crippen LogP contribution is 2.35. The first-order chi connectivity index (χ1) is 22.9. The lowest BCUT2D eigenvalue weighted by Gasteiger charge is -2.42. The summed E-state index contributed by atoms with van der Waals surface area (Å²) in [5, 5.41) is 6.85. The van der Waals surface area contributed by atoms with Crippen molar-refractivity contribution in [2.45, 2.75) is 101 Å². The van der Waals surface area contributed by atoms with Gasteiger partial charge < -0.3 is 30.1 Å². The fraction of sp³-hybridized carbons (Fsp3) is 0.722. The molecule has 0 spiro atoms. The molecule has 7 aliphatic rings. The zero-order chi connectivity index (χ0) is 32.3. The summed E-state index contributed by atoms with van der Waals surface area (Å²) >= 11 is 0. The normalized spacial score (nSPS) is 32.6. The molecule has 5 atom stereocenters. The molecule has 1 aromatic carbocycles. The summed E-state index contributed by atoms with van der Waals surface area (Å²) in [4.78, 5) is 64.2. The van der Waals surface area contributed by atoms with Gasteiger partial charge in [-0.2, -0.15) is 0 Å². The number of fused-ring (bicyclic) bond motifs is 3. The Kier molecular flexibility index (Phi) is 10.1. The van der Waals surface area contributed by atoms with Crippen LogP contribution in [0.15, 0.2) is 30.3 Å². The van der Waals surface area contributed by atoms with E-state index in [0.29, 0.717) is 71.4 Å². The molecular weight excluding hydrogens is 596 g/mol. The van der Waals surface area contributed by atoms with Gasteiger partial charge in [0.25, 0.3) is 0 Å². The van der Waals surface area contributed by atoms with E-state index in [1.807, 2.05) is 45.0 Å².